The molecule has 3 unspecified atom stereocenters. The van der Waals surface area contributed by atoms with E-state index in [9.17, 15) is 0 Å². The van der Waals surface area contributed by atoms with Gasteiger partial charge in [0.25, 0.3) is 0 Å². The van der Waals surface area contributed by atoms with Crippen molar-refractivity contribution in [2.24, 2.45) is 17.8 Å². The molecule has 4 heteroatoms. The fraction of sp³-hybridized carbons (Fsp3) is 0.647. The van der Waals surface area contributed by atoms with Crippen molar-refractivity contribution in [2.75, 3.05) is 20.8 Å². The summed E-state index contributed by atoms with van der Waals surface area (Å²) < 4.78 is 10.9. The normalized spacial score (nSPS) is 28.1. The second-order valence-corrected chi connectivity index (χ2v) is 6.45. The van der Waals surface area contributed by atoms with Gasteiger partial charge in [-0.3, -0.25) is 0 Å². The molecule has 0 saturated heterocycles. The Morgan fingerprint density at radius 2 is 1.95 bits per heavy atom. The minimum atomic E-state index is 0.337. The van der Waals surface area contributed by atoms with Crippen LogP contribution in [0, 0.1) is 17.8 Å². The van der Waals surface area contributed by atoms with E-state index in [4.69, 9.17) is 21.1 Å². The lowest BCUT2D eigenvalue weighted by molar-refractivity contribution is 0.370. The minimum absolute atomic E-state index is 0.337. The van der Waals surface area contributed by atoms with Gasteiger partial charge in [-0.05, 0) is 49.3 Å². The molecule has 3 atom stereocenters. The van der Waals surface area contributed by atoms with Crippen molar-refractivity contribution in [3.63, 3.8) is 0 Å². The van der Waals surface area contributed by atoms with E-state index in [1.165, 1.54) is 24.8 Å². The summed E-state index contributed by atoms with van der Waals surface area (Å²) in [6.07, 6.45) is 4.15. The molecular formula is C17H24ClNO2. The van der Waals surface area contributed by atoms with E-state index in [-0.39, 0.29) is 0 Å². The van der Waals surface area contributed by atoms with Crippen molar-refractivity contribution in [3.8, 4) is 11.5 Å². The van der Waals surface area contributed by atoms with Crippen LogP contribution in [0.15, 0.2) is 12.1 Å². The number of methoxy groups -OCH3 is 2. The molecule has 1 aromatic carbocycles. The summed E-state index contributed by atoms with van der Waals surface area (Å²) in [5.41, 5.74) is 1.17. The highest BCUT2D eigenvalue weighted by molar-refractivity contribution is 6.33. The Labute approximate surface area is 132 Å². The highest BCUT2D eigenvalue weighted by Gasteiger charge is 2.56. The molecular weight excluding hydrogens is 286 g/mol. The molecule has 0 amide bonds. The van der Waals surface area contributed by atoms with E-state index < -0.39 is 0 Å². The Morgan fingerprint density at radius 3 is 2.52 bits per heavy atom. The van der Waals surface area contributed by atoms with Crippen LogP contribution in [0.3, 0.4) is 0 Å². The van der Waals surface area contributed by atoms with Crippen molar-refractivity contribution >= 4 is 11.6 Å². The predicted octanol–water partition coefficient (Wildman–Crippen LogP) is 4.05. The minimum Gasteiger partial charge on any atom is -0.495 e. The molecule has 3 nitrogen and oxygen atoms in total. The SMILES string of the molecule is CCNC(c1ccc(OC)c(Cl)c1OC)C1C2CCCC21. The second kappa shape index (κ2) is 6.05. The van der Waals surface area contributed by atoms with Gasteiger partial charge in [0.1, 0.15) is 16.5 Å². The maximum Gasteiger partial charge on any atom is 0.146 e. The van der Waals surface area contributed by atoms with Crippen molar-refractivity contribution in [2.45, 2.75) is 32.2 Å². The van der Waals surface area contributed by atoms with Crippen LogP contribution in [0.2, 0.25) is 5.02 Å². The van der Waals surface area contributed by atoms with Gasteiger partial charge >= 0.3 is 0 Å². The zero-order valence-electron chi connectivity index (χ0n) is 13.0. The smallest absolute Gasteiger partial charge is 0.146 e. The number of halogens is 1. The van der Waals surface area contributed by atoms with Gasteiger partial charge in [-0.15, -0.1) is 0 Å². The molecule has 0 aliphatic heterocycles. The lowest BCUT2D eigenvalue weighted by atomic mass is 9.95. The van der Waals surface area contributed by atoms with Crippen molar-refractivity contribution in [1.82, 2.24) is 5.32 Å². The first kappa shape index (κ1) is 15.0. The van der Waals surface area contributed by atoms with Crippen LogP contribution in [-0.4, -0.2) is 20.8 Å². The first-order chi connectivity index (χ1) is 10.2. The van der Waals surface area contributed by atoms with Crippen LogP contribution in [0.1, 0.15) is 37.8 Å². The molecule has 2 fully saturated rings. The molecule has 1 aromatic rings. The molecule has 0 bridgehead atoms. The Bertz CT molecular complexity index is 510. The van der Waals surface area contributed by atoms with Crippen LogP contribution in [0.4, 0.5) is 0 Å². The molecule has 1 N–H and O–H groups in total. The summed E-state index contributed by atoms with van der Waals surface area (Å²) in [6, 6.07) is 4.39. The maximum atomic E-state index is 6.43. The fourth-order valence-corrected chi connectivity index (χ4v) is 4.53. The third-order valence-corrected chi connectivity index (χ3v) is 5.49. The Morgan fingerprint density at radius 1 is 1.24 bits per heavy atom. The van der Waals surface area contributed by atoms with E-state index >= 15 is 0 Å². The van der Waals surface area contributed by atoms with E-state index in [0.717, 1.165) is 30.0 Å². The summed E-state index contributed by atoms with van der Waals surface area (Å²) in [5, 5.41) is 4.22. The Hall–Kier alpha value is -0.930. The number of hydrogen-bond acceptors (Lipinski definition) is 3. The maximum absolute atomic E-state index is 6.43. The van der Waals surface area contributed by atoms with Gasteiger partial charge in [0.05, 0.1) is 14.2 Å². The Kier molecular flexibility index (Phi) is 4.32. The lowest BCUT2D eigenvalue weighted by Gasteiger charge is -2.24. The third kappa shape index (κ3) is 2.51. The van der Waals surface area contributed by atoms with Gasteiger partial charge in [-0.1, -0.05) is 24.9 Å². The average molecular weight is 310 g/mol. The van der Waals surface area contributed by atoms with Gasteiger partial charge in [0.2, 0.25) is 0 Å². The van der Waals surface area contributed by atoms with Gasteiger partial charge in [-0.2, -0.15) is 0 Å². The van der Waals surface area contributed by atoms with Gasteiger partial charge in [0.15, 0.2) is 0 Å². The standard InChI is InChI=1S/C17H24ClNO2/c1-4-19-16(14-10-6-5-7-11(10)14)12-8-9-13(20-2)15(18)17(12)21-3/h8-11,14,16,19H,4-7H2,1-3H3. The molecule has 2 saturated carbocycles. The zero-order valence-corrected chi connectivity index (χ0v) is 13.7. The first-order valence-electron chi connectivity index (χ1n) is 7.86. The van der Waals surface area contributed by atoms with Crippen molar-refractivity contribution in [3.05, 3.63) is 22.7 Å². The molecule has 0 spiro atoms. The molecule has 2 aliphatic rings. The average Bonchev–Trinajstić information content (AvgIpc) is 2.95. The summed E-state index contributed by atoms with van der Waals surface area (Å²) in [7, 11) is 3.31. The monoisotopic (exact) mass is 309 g/mol. The summed E-state index contributed by atoms with van der Waals surface area (Å²) in [5.74, 6) is 3.94. The number of fused-ring (bicyclic) bond motifs is 1. The van der Waals surface area contributed by atoms with Crippen LogP contribution in [0.25, 0.3) is 0 Å². The number of benzene rings is 1. The molecule has 116 valence electrons. The molecule has 3 rings (SSSR count). The van der Waals surface area contributed by atoms with Crippen LogP contribution in [0.5, 0.6) is 11.5 Å². The van der Waals surface area contributed by atoms with E-state index in [1.807, 2.05) is 6.07 Å². The quantitative estimate of drug-likeness (QED) is 0.860. The summed E-state index contributed by atoms with van der Waals surface area (Å²) in [4.78, 5) is 0. The molecule has 2 aliphatic carbocycles. The zero-order chi connectivity index (χ0) is 15.0. The summed E-state index contributed by atoms with van der Waals surface area (Å²) >= 11 is 6.43. The highest BCUT2D eigenvalue weighted by Crippen LogP contribution is 2.63. The number of hydrogen-bond donors (Lipinski definition) is 1. The van der Waals surface area contributed by atoms with Gasteiger partial charge in [-0.25, -0.2) is 0 Å². The number of ether oxygens (including phenoxy) is 2. The number of nitrogens with one attached hydrogen (secondary N) is 1. The van der Waals surface area contributed by atoms with E-state index in [0.29, 0.717) is 16.8 Å². The molecule has 21 heavy (non-hydrogen) atoms. The van der Waals surface area contributed by atoms with Gasteiger partial charge < -0.3 is 14.8 Å². The number of rotatable bonds is 6. The second-order valence-electron chi connectivity index (χ2n) is 6.08. The third-order valence-electron chi connectivity index (χ3n) is 5.13. The van der Waals surface area contributed by atoms with Gasteiger partial charge in [0, 0.05) is 11.6 Å². The van der Waals surface area contributed by atoms with Crippen LogP contribution >= 0.6 is 11.6 Å². The van der Waals surface area contributed by atoms with Crippen molar-refractivity contribution < 1.29 is 9.47 Å². The predicted molar refractivity (Wildman–Crippen MR) is 85.3 cm³/mol. The first-order valence-corrected chi connectivity index (χ1v) is 8.24. The molecule has 0 aromatic heterocycles. The largest absolute Gasteiger partial charge is 0.495 e. The summed E-state index contributed by atoms with van der Waals surface area (Å²) in [6.45, 7) is 3.11. The fourth-order valence-electron chi connectivity index (χ4n) is 4.21. The van der Waals surface area contributed by atoms with E-state index in [1.54, 1.807) is 14.2 Å². The Balaban J connectivity index is 1.94. The molecule has 0 heterocycles. The van der Waals surface area contributed by atoms with Crippen LogP contribution in [-0.2, 0) is 0 Å². The van der Waals surface area contributed by atoms with E-state index in [2.05, 4.69) is 18.3 Å². The lowest BCUT2D eigenvalue weighted by Crippen LogP contribution is -2.25. The van der Waals surface area contributed by atoms with Crippen LogP contribution < -0.4 is 14.8 Å². The highest BCUT2D eigenvalue weighted by atomic mass is 35.5. The topological polar surface area (TPSA) is 30.5 Å². The molecule has 0 radical (unpaired) electrons. The van der Waals surface area contributed by atoms with Crippen molar-refractivity contribution in [1.29, 1.82) is 0 Å².